The average Bonchev–Trinajstić information content (AvgIpc) is 2.62. The van der Waals surface area contributed by atoms with E-state index in [0.29, 0.717) is 5.02 Å². The Kier molecular flexibility index (Phi) is 4.30. The molecule has 124 valence electrons. The fourth-order valence-corrected chi connectivity index (χ4v) is 4.21. The van der Waals surface area contributed by atoms with Gasteiger partial charge in [-0.2, -0.15) is 0 Å². The van der Waals surface area contributed by atoms with E-state index < -0.39 is 0 Å². The number of halogens is 1. The lowest BCUT2D eigenvalue weighted by Gasteiger charge is -2.41. The maximum atomic E-state index is 12.9. The Labute approximate surface area is 147 Å². The van der Waals surface area contributed by atoms with Crippen molar-refractivity contribution in [2.75, 3.05) is 18.4 Å². The normalized spacial score (nSPS) is 24.3. The molecule has 0 saturated carbocycles. The number of amides is 1. The second-order valence-corrected chi connectivity index (χ2v) is 7.09. The zero-order valence-corrected chi connectivity index (χ0v) is 14.3. The minimum Gasteiger partial charge on any atom is -0.324 e. The van der Waals surface area contributed by atoms with E-state index >= 15 is 0 Å². The lowest BCUT2D eigenvalue weighted by molar-refractivity contribution is -0.122. The van der Waals surface area contributed by atoms with Crippen LogP contribution in [0.3, 0.4) is 0 Å². The minimum atomic E-state index is -0.168. The highest BCUT2D eigenvalue weighted by molar-refractivity contribution is 6.30. The molecule has 4 heteroatoms. The summed E-state index contributed by atoms with van der Waals surface area (Å²) in [7, 11) is 0. The second-order valence-electron chi connectivity index (χ2n) is 6.65. The molecular formula is C20H21ClN2O. The van der Waals surface area contributed by atoms with Crippen molar-refractivity contribution < 1.29 is 4.79 Å². The molecule has 2 atom stereocenters. The average molecular weight is 341 g/mol. The molecule has 2 aromatic carbocycles. The van der Waals surface area contributed by atoms with E-state index in [2.05, 4.69) is 22.3 Å². The van der Waals surface area contributed by atoms with Crippen LogP contribution in [-0.2, 0) is 4.79 Å². The zero-order chi connectivity index (χ0) is 16.5. The third-order valence-corrected chi connectivity index (χ3v) is 5.37. The number of fused-ring (bicyclic) bond motifs is 1. The van der Waals surface area contributed by atoms with Crippen molar-refractivity contribution in [3.8, 4) is 0 Å². The fraction of sp³-hybridized carbons (Fsp3) is 0.350. The standard InChI is InChI=1S/C20H21ClN2O/c21-15-9-10-17-16(13-15)18(14-7-3-1-4-8-14)19(20(24)22-17)23-11-5-2-6-12-23/h1,3-4,7-10,13,18-19H,2,5-6,11-12H2,(H,22,24)/t18-,19-/m0/s1. The van der Waals surface area contributed by atoms with Crippen LogP contribution in [0.5, 0.6) is 0 Å². The van der Waals surface area contributed by atoms with Gasteiger partial charge in [-0.05, 0) is 55.3 Å². The van der Waals surface area contributed by atoms with E-state index in [9.17, 15) is 4.79 Å². The molecule has 1 saturated heterocycles. The lowest BCUT2D eigenvalue weighted by atomic mass is 9.80. The quantitative estimate of drug-likeness (QED) is 0.885. The van der Waals surface area contributed by atoms with E-state index in [1.165, 1.54) is 12.0 Å². The molecule has 0 radical (unpaired) electrons. The maximum absolute atomic E-state index is 12.9. The summed E-state index contributed by atoms with van der Waals surface area (Å²) in [6.45, 7) is 1.97. The van der Waals surface area contributed by atoms with Crippen molar-refractivity contribution in [2.24, 2.45) is 0 Å². The van der Waals surface area contributed by atoms with Gasteiger partial charge in [0.05, 0.1) is 0 Å². The SMILES string of the molecule is O=C1Nc2ccc(Cl)cc2[C@H](c2ccccc2)[C@@H]1N1CCCCC1. The van der Waals surface area contributed by atoms with Gasteiger partial charge in [-0.1, -0.05) is 48.4 Å². The molecule has 0 bridgehead atoms. The Balaban J connectivity index is 1.83. The molecule has 1 amide bonds. The van der Waals surface area contributed by atoms with Gasteiger partial charge in [0.15, 0.2) is 0 Å². The molecule has 0 spiro atoms. The summed E-state index contributed by atoms with van der Waals surface area (Å²) >= 11 is 6.27. The van der Waals surface area contributed by atoms with Gasteiger partial charge in [0.25, 0.3) is 0 Å². The first kappa shape index (κ1) is 15.7. The topological polar surface area (TPSA) is 32.3 Å². The monoisotopic (exact) mass is 340 g/mol. The third kappa shape index (κ3) is 2.83. The summed E-state index contributed by atoms with van der Waals surface area (Å²) in [4.78, 5) is 15.3. The highest BCUT2D eigenvalue weighted by Crippen LogP contribution is 2.41. The van der Waals surface area contributed by atoms with Crippen LogP contribution in [-0.4, -0.2) is 29.9 Å². The molecule has 3 nitrogen and oxygen atoms in total. The first-order chi connectivity index (χ1) is 11.7. The zero-order valence-electron chi connectivity index (χ0n) is 13.5. The number of rotatable bonds is 2. The van der Waals surface area contributed by atoms with Gasteiger partial charge >= 0.3 is 0 Å². The third-order valence-electron chi connectivity index (χ3n) is 5.13. The van der Waals surface area contributed by atoms with Crippen molar-refractivity contribution in [3.05, 3.63) is 64.7 Å². The van der Waals surface area contributed by atoms with Crippen LogP contribution in [0.1, 0.15) is 36.3 Å². The van der Waals surface area contributed by atoms with Crippen LogP contribution >= 0.6 is 11.6 Å². The smallest absolute Gasteiger partial charge is 0.242 e. The van der Waals surface area contributed by atoms with Gasteiger partial charge in [0.1, 0.15) is 6.04 Å². The van der Waals surface area contributed by atoms with Crippen LogP contribution in [0.4, 0.5) is 5.69 Å². The van der Waals surface area contributed by atoms with Gasteiger partial charge in [-0.25, -0.2) is 0 Å². The van der Waals surface area contributed by atoms with Crippen LogP contribution in [0, 0.1) is 0 Å². The number of carbonyl (C=O) groups excluding carboxylic acids is 1. The van der Waals surface area contributed by atoms with E-state index in [1.807, 2.05) is 36.4 Å². The van der Waals surface area contributed by atoms with E-state index in [0.717, 1.165) is 37.2 Å². The molecule has 0 aromatic heterocycles. The summed E-state index contributed by atoms with van der Waals surface area (Å²) in [5.41, 5.74) is 3.17. The van der Waals surface area contributed by atoms with Crippen molar-refractivity contribution in [1.82, 2.24) is 4.90 Å². The molecule has 0 unspecified atom stereocenters. The highest BCUT2D eigenvalue weighted by atomic mass is 35.5. The van der Waals surface area contributed by atoms with E-state index in [-0.39, 0.29) is 17.9 Å². The molecule has 1 N–H and O–H groups in total. The van der Waals surface area contributed by atoms with Gasteiger partial charge in [-0.3, -0.25) is 9.69 Å². The van der Waals surface area contributed by atoms with E-state index in [4.69, 9.17) is 11.6 Å². The summed E-state index contributed by atoms with van der Waals surface area (Å²) in [5, 5.41) is 3.81. The van der Waals surface area contributed by atoms with Crippen LogP contribution in [0.15, 0.2) is 48.5 Å². The van der Waals surface area contributed by atoms with Crippen molar-refractivity contribution in [2.45, 2.75) is 31.2 Å². The highest BCUT2D eigenvalue weighted by Gasteiger charge is 2.40. The fourth-order valence-electron chi connectivity index (χ4n) is 4.03. The van der Waals surface area contributed by atoms with Gasteiger partial charge in [0, 0.05) is 16.6 Å². The van der Waals surface area contributed by atoms with Crippen molar-refractivity contribution in [1.29, 1.82) is 0 Å². The summed E-state index contributed by atoms with van der Waals surface area (Å²) < 4.78 is 0. The molecule has 2 aliphatic rings. The predicted molar refractivity (Wildman–Crippen MR) is 97.6 cm³/mol. The summed E-state index contributed by atoms with van der Waals surface area (Å²) in [5.74, 6) is 0.118. The number of nitrogens with zero attached hydrogens (tertiary/aromatic N) is 1. The molecule has 2 aliphatic heterocycles. The predicted octanol–water partition coefficient (Wildman–Crippen LogP) is 4.28. The number of piperidine rings is 1. The number of carbonyl (C=O) groups is 1. The molecule has 1 fully saturated rings. The molecule has 2 heterocycles. The Morgan fingerprint density at radius 1 is 1.00 bits per heavy atom. The molecule has 4 rings (SSSR count). The Morgan fingerprint density at radius 2 is 1.75 bits per heavy atom. The largest absolute Gasteiger partial charge is 0.324 e. The van der Waals surface area contributed by atoms with Gasteiger partial charge < -0.3 is 5.32 Å². The number of hydrogen-bond acceptors (Lipinski definition) is 2. The number of hydrogen-bond donors (Lipinski definition) is 1. The Hall–Kier alpha value is -1.84. The van der Waals surface area contributed by atoms with Gasteiger partial charge in [-0.15, -0.1) is 0 Å². The second kappa shape index (κ2) is 6.58. The van der Waals surface area contributed by atoms with Crippen LogP contribution < -0.4 is 5.32 Å². The number of likely N-dealkylation sites (tertiary alicyclic amines) is 1. The number of nitrogens with one attached hydrogen (secondary N) is 1. The lowest BCUT2D eigenvalue weighted by Crippen LogP contribution is -2.52. The Morgan fingerprint density at radius 3 is 2.50 bits per heavy atom. The molecule has 24 heavy (non-hydrogen) atoms. The first-order valence-electron chi connectivity index (χ1n) is 8.63. The van der Waals surface area contributed by atoms with Crippen molar-refractivity contribution >= 4 is 23.2 Å². The maximum Gasteiger partial charge on any atom is 0.242 e. The van der Waals surface area contributed by atoms with Crippen LogP contribution in [0.2, 0.25) is 5.02 Å². The number of anilines is 1. The first-order valence-corrected chi connectivity index (χ1v) is 9.01. The molecular weight excluding hydrogens is 320 g/mol. The number of benzene rings is 2. The van der Waals surface area contributed by atoms with Crippen LogP contribution in [0.25, 0.3) is 0 Å². The summed E-state index contributed by atoms with van der Waals surface area (Å²) in [6.07, 6.45) is 3.57. The Bertz CT molecular complexity index is 741. The molecule has 2 aromatic rings. The molecule has 0 aliphatic carbocycles. The van der Waals surface area contributed by atoms with E-state index in [1.54, 1.807) is 0 Å². The van der Waals surface area contributed by atoms with Gasteiger partial charge in [0.2, 0.25) is 5.91 Å². The van der Waals surface area contributed by atoms with Crippen molar-refractivity contribution in [3.63, 3.8) is 0 Å². The minimum absolute atomic E-state index is 0.0201. The summed E-state index contributed by atoms with van der Waals surface area (Å²) in [6, 6.07) is 15.9.